The lowest BCUT2D eigenvalue weighted by molar-refractivity contribution is -0.151. The van der Waals surface area contributed by atoms with E-state index in [9.17, 15) is 22.8 Å². The lowest BCUT2D eigenvalue weighted by Gasteiger charge is -2.14. The molecule has 0 atom stereocenters. The molecule has 0 amide bonds. The van der Waals surface area contributed by atoms with Crippen molar-refractivity contribution in [2.75, 3.05) is 0 Å². The van der Waals surface area contributed by atoms with Gasteiger partial charge >= 0.3 is 18.1 Å². The van der Waals surface area contributed by atoms with Crippen LogP contribution >= 0.6 is 0 Å². The zero-order valence-corrected chi connectivity index (χ0v) is 8.10. The molecule has 1 aromatic heterocycles. The van der Waals surface area contributed by atoms with Crippen molar-refractivity contribution in [3.05, 3.63) is 29.6 Å². The largest absolute Gasteiger partial charge is 0.480 e. The highest BCUT2D eigenvalue weighted by atomic mass is 19.4. The van der Waals surface area contributed by atoms with Crippen LogP contribution in [0, 0.1) is 0 Å². The van der Waals surface area contributed by atoms with Crippen LogP contribution in [-0.2, 0) is 15.8 Å². The Bertz CT molecular complexity index is 444. The fourth-order valence-corrected chi connectivity index (χ4v) is 1.23. The molecule has 0 aliphatic rings. The average Bonchev–Trinajstić information content (AvgIpc) is 2.15. The minimum Gasteiger partial charge on any atom is -0.480 e. The molecule has 0 spiro atoms. The molecule has 0 aromatic carbocycles. The van der Waals surface area contributed by atoms with Crippen LogP contribution < -0.4 is 0 Å². The van der Waals surface area contributed by atoms with Crippen molar-refractivity contribution in [3.8, 4) is 0 Å². The third kappa shape index (κ3) is 2.71. The van der Waals surface area contributed by atoms with E-state index < -0.39 is 35.3 Å². The summed E-state index contributed by atoms with van der Waals surface area (Å²) in [6, 6.07) is 1.54. The smallest absolute Gasteiger partial charge is 0.418 e. The average molecular weight is 249 g/mol. The Morgan fingerprint density at radius 3 is 2.18 bits per heavy atom. The molecule has 5 nitrogen and oxygen atoms in total. The Morgan fingerprint density at radius 1 is 1.24 bits per heavy atom. The van der Waals surface area contributed by atoms with Crippen molar-refractivity contribution in [1.29, 1.82) is 0 Å². The van der Waals surface area contributed by atoms with Crippen LogP contribution in [0.1, 0.15) is 17.2 Å². The second-order valence-corrected chi connectivity index (χ2v) is 3.04. The lowest BCUT2D eigenvalue weighted by atomic mass is 10.00. The fourth-order valence-electron chi connectivity index (χ4n) is 1.23. The van der Waals surface area contributed by atoms with Crippen molar-refractivity contribution in [3.63, 3.8) is 0 Å². The summed E-state index contributed by atoms with van der Waals surface area (Å²) in [5.74, 6) is -6.14. The number of rotatable bonds is 3. The van der Waals surface area contributed by atoms with Gasteiger partial charge in [-0.25, -0.2) is 0 Å². The molecule has 8 heteroatoms. The Hall–Kier alpha value is -2.12. The van der Waals surface area contributed by atoms with Crippen molar-refractivity contribution in [2.45, 2.75) is 12.1 Å². The number of halogens is 3. The maximum Gasteiger partial charge on any atom is 0.418 e. The minimum absolute atomic E-state index is 0.585. The molecule has 0 bridgehead atoms. The summed E-state index contributed by atoms with van der Waals surface area (Å²) in [4.78, 5) is 24.5. The third-order valence-electron chi connectivity index (χ3n) is 1.91. The standard InChI is InChI=1S/C9H6F3NO4/c10-9(11,12)4-2-1-3-13-6(4)5(7(14)15)8(16)17/h1-3,5H,(H,14,15)(H,16,17). The van der Waals surface area contributed by atoms with E-state index in [-0.39, 0.29) is 0 Å². The van der Waals surface area contributed by atoms with Crippen LogP contribution in [0.15, 0.2) is 18.3 Å². The van der Waals surface area contributed by atoms with Crippen LogP contribution in [0.2, 0.25) is 0 Å². The van der Waals surface area contributed by atoms with Gasteiger partial charge in [0.05, 0.1) is 11.3 Å². The van der Waals surface area contributed by atoms with E-state index in [1.54, 1.807) is 0 Å². The zero-order chi connectivity index (χ0) is 13.2. The van der Waals surface area contributed by atoms with Crippen molar-refractivity contribution >= 4 is 11.9 Å². The molecule has 0 saturated heterocycles. The minimum atomic E-state index is -4.85. The van der Waals surface area contributed by atoms with Gasteiger partial charge in [-0.05, 0) is 12.1 Å². The predicted molar refractivity (Wildman–Crippen MR) is 47.3 cm³/mol. The molecule has 0 radical (unpaired) electrons. The summed E-state index contributed by atoms with van der Waals surface area (Å²) < 4.78 is 37.5. The molecular formula is C9H6F3NO4. The molecule has 2 N–H and O–H groups in total. The first-order chi connectivity index (χ1) is 7.75. The molecule has 0 saturated carbocycles. The zero-order valence-electron chi connectivity index (χ0n) is 8.10. The number of aliphatic carboxylic acids is 2. The van der Waals surface area contributed by atoms with Gasteiger partial charge in [-0.3, -0.25) is 14.6 Å². The number of aromatic nitrogens is 1. The van der Waals surface area contributed by atoms with Gasteiger partial charge in [-0.2, -0.15) is 13.2 Å². The van der Waals surface area contributed by atoms with Crippen molar-refractivity contribution in [2.24, 2.45) is 0 Å². The molecule has 0 fully saturated rings. The Morgan fingerprint density at radius 2 is 1.76 bits per heavy atom. The first-order valence-electron chi connectivity index (χ1n) is 4.23. The molecule has 92 valence electrons. The van der Waals surface area contributed by atoms with Gasteiger partial charge in [0.2, 0.25) is 0 Å². The fraction of sp³-hybridized carbons (Fsp3) is 0.222. The van der Waals surface area contributed by atoms with Crippen molar-refractivity contribution in [1.82, 2.24) is 4.98 Å². The summed E-state index contributed by atoms with van der Waals surface area (Å²) in [6.07, 6.45) is -3.95. The van der Waals surface area contributed by atoms with E-state index in [2.05, 4.69) is 4.98 Å². The second kappa shape index (κ2) is 4.40. The number of hydrogen-bond acceptors (Lipinski definition) is 3. The normalized spacial score (nSPS) is 11.5. The van der Waals surface area contributed by atoms with Gasteiger partial charge in [-0.1, -0.05) is 0 Å². The molecular weight excluding hydrogens is 243 g/mol. The number of hydrogen-bond donors (Lipinski definition) is 2. The van der Waals surface area contributed by atoms with Crippen LogP contribution in [0.3, 0.4) is 0 Å². The highest BCUT2D eigenvalue weighted by molar-refractivity contribution is 5.98. The molecule has 1 heterocycles. The first-order valence-corrected chi connectivity index (χ1v) is 4.23. The molecule has 0 aliphatic carbocycles. The van der Waals surface area contributed by atoms with Crippen LogP contribution in [-0.4, -0.2) is 27.1 Å². The van der Waals surface area contributed by atoms with Crippen molar-refractivity contribution < 1.29 is 33.0 Å². The summed E-state index contributed by atoms with van der Waals surface area (Å²) >= 11 is 0. The van der Waals surface area contributed by atoms with Gasteiger partial charge in [0.1, 0.15) is 0 Å². The summed E-state index contributed by atoms with van der Waals surface area (Å²) in [7, 11) is 0. The summed E-state index contributed by atoms with van der Waals surface area (Å²) in [5.41, 5.74) is -2.39. The molecule has 0 aliphatic heterocycles. The van der Waals surface area contributed by atoms with Crippen LogP contribution in [0.4, 0.5) is 13.2 Å². The quantitative estimate of drug-likeness (QED) is 0.789. The third-order valence-corrected chi connectivity index (χ3v) is 1.91. The SMILES string of the molecule is O=C(O)C(C(=O)O)c1ncccc1C(F)(F)F. The number of carboxylic acid groups (broad SMARTS) is 2. The molecule has 0 unspecified atom stereocenters. The topological polar surface area (TPSA) is 87.5 Å². The Kier molecular flexibility index (Phi) is 3.35. The maximum absolute atomic E-state index is 12.5. The van der Waals surface area contributed by atoms with E-state index in [1.807, 2.05) is 0 Å². The maximum atomic E-state index is 12.5. The lowest BCUT2D eigenvalue weighted by Crippen LogP contribution is -2.25. The number of nitrogens with zero attached hydrogens (tertiary/aromatic N) is 1. The van der Waals surface area contributed by atoms with E-state index in [1.165, 1.54) is 0 Å². The van der Waals surface area contributed by atoms with Gasteiger partial charge < -0.3 is 10.2 Å². The molecule has 1 rings (SSSR count). The number of carboxylic acids is 2. The van der Waals surface area contributed by atoms with Gasteiger partial charge in [-0.15, -0.1) is 0 Å². The van der Waals surface area contributed by atoms with E-state index in [0.717, 1.165) is 12.3 Å². The Labute approximate surface area is 92.5 Å². The van der Waals surface area contributed by atoms with E-state index in [0.29, 0.717) is 6.07 Å². The Balaban J connectivity index is 3.39. The number of pyridine rings is 1. The van der Waals surface area contributed by atoms with E-state index >= 15 is 0 Å². The molecule has 1 aromatic rings. The summed E-state index contributed by atoms with van der Waals surface area (Å²) in [6.45, 7) is 0. The van der Waals surface area contributed by atoms with Crippen LogP contribution in [0.25, 0.3) is 0 Å². The van der Waals surface area contributed by atoms with Crippen LogP contribution in [0.5, 0.6) is 0 Å². The highest BCUT2D eigenvalue weighted by Crippen LogP contribution is 2.34. The summed E-state index contributed by atoms with van der Waals surface area (Å²) in [5, 5.41) is 17.2. The van der Waals surface area contributed by atoms with Gasteiger partial charge in [0, 0.05) is 6.20 Å². The number of carbonyl (C=O) groups is 2. The number of alkyl halides is 3. The van der Waals surface area contributed by atoms with Gasteiger partial charge in [0.15, 0.2) is 5.92 Å². The molecule has 17 heavy (non-hydrogen) atoms. The first kappa shape index (κ1) is 12.9. The second-order valence-electron chi connectivity index (χ2n) is 3.04. The predicted octanol–water partition coefficient (Wildman–Crippen LogP) is 1.35. The van der Waals surface area contributed by atoms with Gasteiger partial charge in [0.25, 0.3) is 0 Å². The highest BCUT2D eigenvalue weighted by Gasteiger charge is 2.40. The monoisotopic (exact) mass is 249 g/mol. The van der Waals surface area contributed by atoms with E-state index in [4.69, 9.17) is 10.2 Å².